The summed E-state index contributed by atoms with van der Waals surface area (Å²) in [7, 11) is 0. The first-order chi connectivity index (χ1) is 9.08. The van der Waals surface area contributed by atoms with Crippen LogP contribution in [0.3, 0.4) is 0 Å². The second-order valence-electron chi connectivity index (χ2n) is 3.97. The first kappa shape index (κ1) is 12.7. The lowest BCUT2D eigenvalue weighted by atomic mass is 10.3. The number of hydrogen-bond donors (Lipinski definition) is 1. The number of benzene rings is 1. The molecule has 2 rings (SSSR count). The second kappa shape index (κ2) is 5.30. The monoisotopic (exact) mass is 260 g/mol. The number of rotatable bonds is 4. The summed E-state index contributed by atoms with van der Waals surface area (Å²) in [6.45, 7) is 1.62. The van der Waals surface area contributed by atoms with Crippen LogP contribution in [0.5, 0.6) is 0 Å². The quantitative estimate of drug-likeness (QED) is 0.672. The van der Waals surface area contributed by atoms with Gasteiger partial charge in [0.25, 0.3) is 0 Å². The zero-order valence-electron chi connectivity index (χ0n) is 10.2. The maximum atomic E-state index is 12.0. The summed E-state index contributed by atoms with van der Waals surface area (Å²) < 4.78 is 1.26. The van der Waals surface area contributed by atoms with Crippen LogP contribution in [0.15, 0.2) is 42.7 Å². The Labute approximate surface area is 109 Å². The van der Waals surface area contributed by atoms with E-state index in [1.807, 2.05) is 6.07 Å². The standard InChI is InChI=1S/C12H12N4O3/c1-9(15-8-11(7-13-15)16(18)19)12(17)14-10-5-3-2-4-6-10/h2-9H,1H3,(H,14,17). The predicted molar refractivity (Wildman–Crippen MR) is 68.7 cm³/mol. The van der Waals surface area contributed by atoms with Crippen molar-refractivity contribution in [3.05, 3.63) is 52.8 Å². The van der Waals surface area contributed by atoms with Gasteiger partial charge in [0.2, 0.25) is 5.91 Å². The van der Waals surface area contributed by atoms with Gasteiger partial charge in [0.05, 0.1) is 4.92 Å². The average molecular weight is 260 g/mol. The molecule has 0 saturated carbocycles. The Kier molecular flexibility index (Phi) is 3.56. The fourth-order valence-electron chi connectivity index (χ4n) is 1.52. The molecule has 0 bridgehead atoms. The molecule has 1 amide bonds. The van der Waals surface area contributed by atoms with Crippen molar-refractivity contribution >= 4 is 17.3 Å². The molecule has 0 radical (unpaired) electrons. The minimum atomic E-state index is -0.631. The van der Waals surface area contributed by atoms with Gasteiger partial charge in [0.15, 0.2) is 0 Å². The Balaban J connectivity index is 2.08. The van der Waals surface area contributed by atoms with Crippen LogP contribution in [0, 0.1) is 10.1 Å². The van der Waals surface area contributed by atoms with E-state index in [1.54, 1.807) is 31.2 Å². The molecule has 0 aliphatic heterocycles. The molecule has 1 N–H and O–H groups in total. The lowest BCUT2D eigenvalue weighted by Gasteiger charge is -2.12. The molecule has 0 saturated heterocycles. The zero-order valence-corrected chi connectivity index (χ0v) is 10.2. The SMILES string of the molecule is CC(C(=O)Nc1ccccc1)n1cc([N+](=O)[O-])cn1. The number of para-hydroxylation sites is 1. The number of carbonyl (C=O) groups excluding carboxylic acids is 1. The summed E-state index contributed by atoms with van der Waals surface area (Å²) in [5, 5.41) is 17.1. The van der Waals surface area contributed by atoms with Crippen molar-refractivity contribution in [2.45, 2.75) is 13.0 Å². The maximum absolute atomic E-state index is 12.0. The van der Waals surface area contributed by atoms with Gasteiger partial charge in [-0.05, 0) is 19.1 Å². The van der Waals surface area contributed by atoms with E-state index in [0.29, 0.717) is 5.69 Å². The maximum Gasteiger partial charge on any atom is 0.307 e. The Morgan fingerprint density at radius 1 is 1.42 bits per heavy atom. The molecule has 0 aliphatic rings. The van der Waals surface area contributed by atoms with Gasteiger partial charge in [-0.15, -0.1) is 0 Å². The summed E-state index contributed by atoms with van der Waals surface area (Å²) in [6.07, 6.45) is 2.35. The molecule has 7 heteroatoms. The van der Waals surface area contributed by atoms with Gasteiger partial charge in [0, 0.05) is 5.69 Å². The molecule has 0 fully saturated rings. The van der Waals surface area contributed by atoms with Gasteiger partial charge in [-0.25, -0.2) is 0 Å². The molecule has 1 heterocycles. The van der Waals surface area contributed by atoms with Gasteiger partial charge in [-0.3, -0.25) is 19.6 Å². The lowest BCUT2D eigenvalue weighted by molar-refractivity contribution is -0.385. The number of carbonyl (C=O) groups is 1. The lowest BCUT2D eigenvalue weighted by Crippen LogP contribution is -2.23. The molecule has 1 aromatic heterocycles. The molecule has 0 spiro atoms. The van der Waals surface area contributed by atoms with E-state index >= 15 is 0 Å². The highest BCUT2D eigenvalue weighted by molar-refractivity contribution is 5.93. The highest BCUT2D eigenvalue weighted by Crippen LogP contribution is 2.15. The van der Waals surface area contributed by atoms with Crippen LogP contribution in [0.1, 0.15) is 13.0 Å². The molecule has 7 nitrogen and oxygen atoms in total. The van der Waals surface area contributed by atoms with Gasteiger partial charge >= 0.3 is 5.69 Å². The molecule has 1 unspecified atom stereocenters. The van der Waals surface area contributed by atoms with Crippen LogP contribution in [0.4, 0.5) is 11.4 Å². The van der Waals surface area contributed by atoms with Crippen LogP contribution < -0.4 is 5.32 Å². The van der Waals surface area contributed by atoms with Crippen molar-refractivity contribution in [3.8, 4) is 0 Å². The normalized spacial score (nSPS) is 11.8. The number of nitrogens with one attached hydrogen (secondary N) is 1. The number of nitrogens with zero attached hydrogens (tertiary/aromatic N) is 3. The molecule has 2 aromatic rings. The van der Waals surface area contributed by atoms with E-state index in [2.05, 4.69) is 10.4 Å². The van der Waals surface area contributed by atoms with Gasteiger partial charge in [0.1, 0.15) is 18.4 Å². The second-order valence-corrected chi connectivity index (χ2v) is 3.97. The smallest absolute Gasteiger partial charge is 0.307 e. The van der Waals surface area contributed by atoms with Gasteiger partial charge in [-0.2, -0.15) is 5.10 Å². The first-order valence-corrected chi connectivity index (χ1v) is 5.62. The van der Waals surface area contributed by atoms with Gasteiger partial charge in [-0.1, -0.05) is 18.2 Å². The largest absolute Gasteiger partial charge is 0.324 e. The van der Waals surface area contributed by atoms with Crippen molar-refractivity contribution in [1.29, 1.82) is 0 Å². The number of amides is 1. The minimum absolute atomic E-state index is 0.139. The van der Waals surface area contributed by atoms with Crippen LogP contribution in [-0.4, -0.2) is 20.6 Å². The van der Waals surface area contributed by atoms with Crippen LogP contribution in [0.2, 0.25) is 0 Å². The third-order valence-electron chi connectivity index (χ3n) is 2.62. The minimum Gasteiger partial charge on any atom is -0.324 e. The first-order valence-electron chi connectivity index (χ1n) is 5.62. The molecule has 19 heavy (non-hydrogen) atoms. The van der Waals surface area contributed by atoms with Crippen molar-refractivity contribution < 1.29 is 9.72 Å². The number of anilines is 1. The number of hydrogen-bond acceptors (Lipinski definition) is 4. The molecule has 0 aliphatic carbocycles. The fraction of sp³-hybridized carbons (Fsp3) is 0.167. The Morgan fingerprint density at radius 3 is 2.68 bits per heavy atom. The van der Waals surface area contributed by atoms with E-state index in [9.17, 15) is 14.9 Å². The summed E-state index contributed by atoms with van der Waals surface area (Å²) >= 11 is 0. The number of nitro groups is 1. The van der Waals surface area contributed by atoms with Crippen LogP contribution in [-0.2, 0) is 4.79 Å². The summed E-state index contributed by atoms with van der Waals surface area (Å²) in [6, 6.07) is 8.34. The van der Waals surface area contributed by atoms with E-state index < -0.39 is 11.0 Å². The molecule has 1 atom stereocenters. The van der Waals surface area contributed by atoms with Crippen LogP contribution in [0.25, 0.3) is 0 Å². The van der Waals surface area contributed by atoms with Crippen molar-refractivity contribution in [3.63, 3.8) is 0 Å². The molecule has 1 aromatic carbocycles. The highest BCUT2D eigenvalue weighted by atomic mass is 16.6. The number of aromatic nitrogens is 2. The van der Waals surface area contributed by atoms with Gasteiger partial charge < -0.3 is 5.32 Å². The highest BCUT2D eigenvalue weighted by Gasteiger charge is 2.18. The average Bonchev–Trinajstić information content (AvgIpc) is 2.88. The summed E-state index contributed by atoms with van der Waals surface area (Å²) in [5.41, 5.74) is 0.528. The zero-order chi connectivity index (χ0) is 13.8. The predicted octanol–water partition coefficient (Wildman–Crippen LogP) is 1.99. The Morgan fingerprint density at radius 2 is 2.11 bits per heavy atom. The summed E-state index contributed by atoms with van der Waals surface area (Å²) in [4.78, 5) is 21.9. The fourth-order valence-corrected chi connectivity index (χ4v) is 1.52. The Bertz CT molecular complexity index is 594. The van der Waals surface area contributed by atoms with E-state index in [0.717, 1.165) is 6.20 Å². The van der Waals surface area contributed by atoms with E-state index in [4.69, 9.17) is 0 Å². The van der Waals surface area contributed by atoms with E-state index in [-0.39, 0.29) is 11.6 Å². The Hall–Kier alpha value is -2.70. The third kappa shape index (κ3) is 2.95. The van der Waals surface area contributed by atoms with Crippen LogP contribution >= 0.6 is 0 Å². The summed E-state index contributed by atoms with van der Waals surface area (Å²) in [5.74, 6) is -0.288. The third-order valence-corrected chi connectivity index (χ3v) is 2.62. The topological polar surface area (TPSA) is 90.1 Å². The van der Waals surface area contributed by atoms with E-state index in [1.165, 1.54) is 10.9 Å². The van der Waals surface area contributed by atoms with Crippen molar-refractivity contribution in [2.75, 3.05) is 5.32 Å². The molecular weight excluding hydrogens is 248 g/mol. The van der Waals surface area contributed by atoms with Crippen molar-refractivity contribution in [2.24, 2.45) is 0 Å². The molecule has 98 valence electrons. The van der Waals surface area contributed by atoms with Crippen molar-refractivity contribution in [1.82, 2.24) is 9.78 Å². The molecular formula is C12H12N4O3.